The van der Waals surface area contributed by atoms with Crippen LogP contribution in [0.25, 0.3) is 0 Å². The highest BCUT2D eigenvalue weighted by Gasteiger charge is 2.14. The summed E-state index contributed by atoms with van der Waals surface area (Å²) in [7, 11) is 0. The number of rotatable bonds is 11. The van der Waals surface area contributed by atoms with E-state index in [2.05, 4.69) is 11.6 Å². The molecule has 5 heteroatoms. The summed E-state index contributed by atoms with van der Waals surface area (Å²) in [4.78, 5) is 12.3. The second kappa shape index (κ2) is 10.9. The molecule has 21 heavy (non-hydrogen) atoms. The lowest BCUT2D eigenvalue weighted by Crippen LogP contribution is -2.09. The Bertz CT molecular complexity index is 438. The van der Waals surface area contributed by atoms with Gasteiger partial charge in [0.25, 0.3) is 0 Å². The van der Waals surface area contributed by atoms with Gasteiger partial charge in [0.2, 0.25) is 0 Å². The molecule has 0 radical (unpaired) electrons. The van der Waals surface area contributed by atoms with Gasteiger partial charge in [0.05, 0.1) is 5.56 Å². The molecule has 0 bridgehead atoms. The SMILES string of the molecule is CCSc1cccc(NCCCCCCSC)c1C(=O)O. The van der Waals surface area contributed by atoms with Crippen LogP contribution in [0, 0.1) is 0 Å². The molecule has 0 saturated heterocycles. The molecule has 0 aliphatic rings. The van der Waals surface area contributed by atoms with Crippen molar-refractivity contribution in [1.29, 1.82) is 0 Å². The predicted octanol–water partition coefficient (Wildman–Crippen LogP) is 4.83. The fraction of sp³-hybridized carbons (Fsp3) is 0.562. The molecule has 2 N–H and O–H groups in total. The second-order valence-electron chi connectivity index (χ2n) is 4.75. The summed E-state index contributed by atoms with van der Waals surface area (Å²) in [5.74, 6) is 1.25. The van der Waals surface area contributed by atoms with Crippen LogP contribution in [0.2, 0.25) is 0 Å². The van der Waals surface area contributed by atoms with E-state index in [0.29, 0.717) is 5.56 Å². The Morgan fingerprint density at radius 1 is 1.24 bits per heavy atom. The van der Waals surface area contributed by atoms with Gasteiger partial charge in [-0.2, -0.15) is 11.8 Å². The van der Waals surface area contributed by atoms with Crippen molar-refractivity contribution in [2.75, 3.05) is 29.6 Å². The summed E-state index contributed by atoms with van der Waals surface area (Å²) in [6, 6.07) is 5.66. The minimum absolute atomic E-state index is 0.409. The van der Waals surface area contributed by atoms with E-state index < -0.39 is 5.97 Å². The third-order valence-corrected chi connectivity index (χ3v) is 4.77. The first-order chi connectivity index (χ1) is 10.2. The van der Waals surface area contributed by atoms with Crippen molar-refractivity contribution in [3.63, 3.8) is 0 Å². The van der Waals surface area contributed by atoms with Crippen LogP contribution < -0.4 is 5.32 Å². The number of aromatic carboxylic acids is 1. The molecule has 3 nitrogen and oxygen atoms in total. The molecule has 0 heterocycles. The topological polar surface area (TPSA) is 49.3 Å². The van der Waals surface area contributed by atoms with Gasteiger partial charge in [-0.25, -0.2) is 4.79 Å². The van der Waals surface area contributed by atoms with Gasteiger partial charge in [0, 0.05) is 17.1 Å². The molecule has 118 valence electrons. The molecule has 0 amide bonds. The Kier molecular flexibility index (Phi) is 9.42. The predicted molar refractivity (Wildman–Crippen MR) is 95.1 cm³/mol. The molecule has 1 aromatic carbocycles. The van der Waals surface area contributed by atoms with E-state index in [0.717, 1.165) is 29.3 Å². The van der Waals surface area contributed by atoms with Gasteiger partial charge < -0.3 is 10.4 Å². The van der Waals surface area contributed by atoms with Crippen LogP contribution in [0.15, 0.2) is 23.1 Å². The van der Waals surface area contributed by atoms with Crippen molar-refractivity contribution < 1.29 is 9.90 Å². The Balaban J connectivity index is 2.50. The monoisotopic (exact) mass is 327 g/mol. The highest BCUT2D eigenvalue weighted by Crippen LogP contribution is 2.28. The van der Waals surface area contributed by atoms with E-state index >= 15 is 0 Å². The van der Waals surface area contributed by atoms with Gasteiger partial charge in [0.1, 0.15) is 0 Å². The molecular weight excluding hydrogens is 302 g/mol. The van der Waals surface area contributed by atoms with E-state index in [4.69, 9.17) is 0 Å². The first kappa shape index (κ1) is 18.2. The number of nitrogens with one attached hydrogen (secondary N) is 1. The summed E-state index contributed by atoms with van der Waals surface area (Å²) in [5, 5.41) is 12.7. The lowest BCUT2D eigenvalue weighted by atomic mass is 10.1. The zero-order valence-electron chi connectivity index (χ0n) is 12.9. The fourth-order valence-electron chi connectivity index (χ4n) is 2.12. The molecule has 0 unspecified atom stereocenters. The number of hydrogen-bond acceptors (Lipinski definition) is 4. The molecule has 0 aromatic heterocycles. The second-order valence-corrected chi connectivity index (χ2v) is 7.04. The fourth-order valence-corrected chi connectivity index (χ4v) is 3.44. The maximum absolute atomic E-state index is 11.5. The average Bonchev–Trinajstić information content (AvgIpc) is 2.46. The Morgan fingerprint density at radius 2 is 2.00 bits per heavy atom. The van der Waals surface area contributed by atoms with Crippen molar-refractivity contribution >= 4 is 35.2 Å². The zero-order valence-corrected chi connectivity index (χ0v) is 14.5. The summed E-state index contributed by atoms with van der Waals surface area (Å²) in [6.07, 6.45) is 6.93. The van der Waals surface area contributed by atoms with Crippen LogP contribution in [0.5, 0.6) is 0 Å². The number of anilines is 1. The number of carboxylic acid groups (broad SMARTS) is 1. The maximum atomic E-state index is 11.5. The highest BCUT2D eigenvalue weighted by molar-refractivity contribution is 7.99. The van der Waals surface area contributed by atoms with E-state index in [1.54, 1.807) is 11.8 Å². The Hall–Kier alpha value is -0.810. The van der Waals surface area contributed by atoms with Gasteiger partial charge in [-0.3, -0.25) is 0 Å². The van der Waals surface area contributed by atoms with Crippen LogP contribution in [0.4, 0.5) is 5.69 Å². The van der Waals surface area contributed by atoms with Crippen LogP contribution in [-0.4, -0.2) is 35.4 Å². The summed E-state index contributed by atoms with van der Waals surface area (Å²) in [5.41, 5.74) is 1.15. The Morgan fingerprint density at radius 3 is 2.67 bits per heavy atom. The number of hydrogen-bond donors (Lipinski definition) is 2. The molecule has 0 aliphatic heterocycles. The van der Waals surface area contributed by atoms with E-state index in [1.807, 2.05) is 36.9 Å². The number of carbonyl (C=O) groups is 1. The van der Waals surface area contributed by atoms with Crippen LogP contribution >= 0.6 is 23.5 Å². The van der Waals surface area contributed by atoms with Crippen molar-refractivity contribution in [2.24, 2.45) is 0 Å². The standard InChI is InChI=1S/C16H25NO2S2/c1-3-21-14-10-8-9-13(15(14)16(18)19)17-11-6-4-5-7-12-20-2/h8-10,17H,3-7,11-12H2,1-2H3,(H,18,19). The lowest BCUT2D eigenvalue weighted by Gasteiger charge is -2.12. The quantitative estimate of drug-likeness (QED) is 0.450. The summed E-state index contributed by atoms with van der Waals surface area (Å²) >= 11 is 3.46. The molecule has 0 spiro atoms. The van der Waals surface area contributed by atoms with Crippen LogP contribution in [0.3, 0.4) is 0 Å². The summed E-state index contributed by atoms with van der Waals surface area (Å²) in [6.45, 7) is 2.87. The Labute approximate surface area is 136 Å². The number of benzene rings is 1. The average molecular weight is 328 g/mol. The van der Waals surface area contributed by atoms with Crippen LogP contribution in [-0.2, 0) is 0 Å². The van der Waals surface area contributed by atoms with Crippen molar-refractivity contribution in [3.8, 4) is 0 Å². The molecule has 0 atom stereocenters. The van der Waals surface area contributed by atoms with Crippen molar-refractivity contribution in [1.82, 2.24) is 0 Å². The lowest BCUT2D eigenvalue weighted by molar-refractivity contribution is 0.0694. The van der Waals surface area contributed by atoms with Crippen molar-refractivity contribution in [3.05, 3.63) is 23.8 Å². The van der Waals surface area contributed by atoms with Crippen molar-refractivity contribution in [2.45, 2.75) is 37.5 Å². The van der Waals surface area contributed by atoms with Crippen LogP contribution in [0.1, 0.15) is 43.0 Å². The molecule has 0 saturated carbocycles. The number of thioether (sulfide) groups is 2. The van der Waals surface area contributed by atoms with E-state index in [9.17, 15) is 9.90 Å². The van der Waals surface area contributed by atoms with Gasteiger partial charge in [-0.05, 0) is 42.7 Å². The molecule has 0 aliphatic carbocycles. The number of carboxylic acids is 1. The normalized spacial score (nSPS) is 10.6. The maximum Gasteiger partial charge on any atom is 0.338 e. The highest BCUT2D eigenvalue weighted by atomic mass is 32.2. The first-order valence-corrected chi connectivity index (χ1v) is 9.80. The number of unbranched alkanes of at least 4 members (excludes halogenated alkanes) is 3. The molecular formula is C16H25NO2S2. The molecule has 0 fully saturated rings. The molecule has 1 rings (SSSR count). The first-order valence-electron chi connectivity index (χ1n) is 7.42. The van der Waals surface area contributed by atoms with Gasteiger partial charge in [-0.1, -0.05) is 25.8 Å². The minimum Gasteiger partial charge on any atom is -0.478 e. The van der Waals surface area contributed by atoms with E-state index in [-0.39, 0.29) is 0 Å². The van der Waals surface area contributed by atoms with Gasteiger partial charge in [0.15, 0.2) is 0 Å². The third-order valence-electron chi connectivity index (χ3n) is 3.13. The van der Waals surface area contributed by atoms with Gasteiger partial charge >= 0.3 is 5.97 Å². The largest absolute Gasteiger partial charge is 0.478 e. The smallest absolute Gasteiger partial charge is 0.338 e. The summed E-state index contributed by atoms with van der Waals surface area (Å²) < 4.78 is 0. The van der Waals surface area contributed by atoms with Gasteiger partial charge in [-0.15, -0.1) is 11.8 Å². The third kappa shape index (κ3) is 6.66. The minimum atomic E-state index is -0.853. The zero-order chi connectivity index (χ0) is 15.5. The van der Waals surface area contributed by atoms with E-state index in [1.165, 1.54) is 25.0 Å². The molecule has 1 aromatic rings.